The first-order valence-electron chi connectivity index (χ1n) is 10.7. The van der Waals surface area contributed by atoms with Crippen molar-refractivity contribution in [2.24, 2.45) is 4.99 Å². The predicted molar refractivity (Wildman–Crippen MR) is 138 cm³/mol. The summed E-state index contributed by atoms with van der Waals surface area (Å²) in [6.45, 7) is 12.0. The molecule has 30 heavy (non-hydrogen) atoms. The molecule has 0 saturated heterocycles. The first-order chi connectivity index (χ1) is 13.9. The molecule has 0 fully saturated rings. The molecule has 1 heterocycles. The van der Waals surface area contributed by atoms with E-state index >= 15 is 0 Å². The first-order valence-corrected chi connectivity index (χ1v) is 10.7. The molecule has 2 rings (SSSR count). The summed E-state index contributed by atoms with van der Waals surface area (Å²) in [5.74, 6) is 0.857. The molecule has 0 spiro atoms. The van der Waals surface area contributed by atoms with Crippen LogP contribution in [0.5, 0.6) is 0 Å². The Bertz CT molecular complexity index is 822. The standard InChI is InChI=1S/C24H36N4O.HI/c1-5-25-23(26-16-7-9-19-28-18-8-6-10-22(28)29)27-17-15-20-11-13-21(14-12-20)24(2,3)4;/h6,8,10-14,18H,5,7,9,15-17,19H2,1-4H3,(H2,25,26,27);1H. The molecule has 1 aromatic heterocycles. The fourth-order valence-corrected chi connectivity index (χ4v) is 3.07. The van der Waals surface area contributed by atoms with Crippen LogP contribution in [0.4, 0.5) is 0 Å². The average molecular weight is 524 g/mol. The highest BCUT2D eigenvalue weighted by Gasteiger charge is 2.12. The van der Waals surface area contributed by atoms with E-state index in [4.69, 9.17) is 0 Å². The summed E-state index contributed by atoms with van der Waals surface area (Å²) in [5.41, 5.74) is 2.94. The number of halogens is 1. The number of rotatable bonds is 9. The summed E-state index contributed by atoms with van der Waals surface area (Å²) in [7, 11) is 0. The zero-order valence-electron chi connectivity index (χ0n) is 18.8. The van der Waals surface area contributed by atoms with Gasteiger partial charge >= 0.3 is 0 Å². The maximum Gasteiger partial charge on any atom is 0.250 e. The minimum absolute atomic E-state index is 0. The number of nitrogens with zero attached hydrogens (tertiary/aromatic N) is 2. The van der Waals surface area contributed by atoms with Crippen LogP contribution in [-0.2, 0) is 18.4 Å². The van der Waals surface area contributed by atoms with Gasteiger partial charge < -0.3 is 15.2 Å². The summed E-state index contributed by atoms with van der Waals surface area (Å²) in [6.07, 6.45) is 4.69. The second-order valence-corrected chi connectivity index (χ2v) is 8.32. The van der Waals surface area contributed by atoms with Gasteiger partial charge in [-0.1, -0.05) is 51.1 Å². The van der Waals surface area contributed by atoms with Crippen molar-refractivity contribution in [2.45, 2.75) is 58.9 Å². The van der Waals surface area contributed by atoms with Gasteiger partial charge in [0.2, 0.25) is 5.56 Å². The number of aromatic nitrogens is 1. The van der Waals surface area contributed by atoms with Crippen molar-refractivity contribution in [3.05, 3.63) is 70.1 Å². The quantitative estimate of drug-likeness (QED) is 0.222. The summed E-state index contributed by atoms with van der Waals surface area (Å²) in [6, 6.07) is 14.2. The monoisotopic (exact) mass is 524 g/mol. The molecule has 0 radical (unpaired) electrons. The Morgan fingerprint density at radius 3 is 2.40 bits per heavy atom. The third-order valence-corrected chi connectivity index (χ3v) is 4.85. The topological polar surface area (TPSA) is 58.4 Å². The van der Waals surface area contributed by atoms with Gasteiger partial charge in [-0.3, -0.25) is 9.79 Å². The number of hydrogen-bond acceptors (Lipinski definition) is 2. The van der Waals surface area contributed by atoms with Gasteiger partial charge in [0.15, 0.2) is 5.96 Å². The Morgan fingerprint density at radius 1 is 1.03 bits per heavy atom. The molecule has 6 heteroatoms. The molecule has 1 aromatic carbocycles. The fourth-order valence-electron chi connectivity index (χ4n) is 3.07. The van der Waals surface area contributed by atoms with E-state index in [9.17, 15) is 4.79 Å². The number of hydrogen-bond donors (Lipinski definition) is 2. The third kappa shape index (κ3) is 9.32. The first kappa shape index (κ1) is 26.2. The normalized spacial score (nSPS) is 11.7. The van der Waals surface area contributed by atoms with Crippen LogP contribution in [0.15, 0.2) is 58.4 Å². The van der Waals surface area contributed by atoms with E-state index in [0.717, 1.165) is 51.4 Å². The zero-order chi connectivity index (χ0) is 21.1. The van der Waals surface area contributed by atoms with Crippen molar-refractivity contribution in [1.29, 1.82) is 0 Å². The Kier molecular flexibility index (Phi) is 11.8. The highest BCUT2D eigenvalue weighted by Crippen LogP contribution is 2.22. The van der Waals surface area contributed by atoms with Crippen molar-refractivity contribution < 1.29 is 0 Å². The number of benzene rings is 1. The van der Waals surface area contributed by atoms with Crippen molar-refractivity contribution in [1.82, 2.24) is 15.2 Å². The lowest BCUT2D eigenvalue weighted by atomic mass is 9.86. The van der Waals surface area contributed by atoms with E-state index < -0.39 is 0 Å². The molecule has 0 aliphatic carbocycles. The Morgan fingerprint density at radius 2 is 1.77 bits per heavy atom. The van der Waals surface area contributed by atoms with Crippen molar-refractivity contribution in [3.63, 3.8) is 0 Å². The Hall–Kier alpha value is -1.83. The highest BCUT2D eigenvalue weighted by atomic mass is 127. The summed E-state index contributed by atoms with van der Waals surface area (Å²) in [5, 5.41) is 6.71. The van der Waals surface area contributed by atoms with Gasteiger partial charge in [0, 0.05) is 38.4 Å². The summed E-state index contributed by atoms with van der Waals surface area (Å²) >= 11 is 0. The number of unbranched alkanes of at least 4 members (excludes halogenated alkanes) is 1. The SMILES string of the molecule is CCNC(=NCCCCn1ccccc1=O)NCCc1ccc(C(C)(C)C)cc1.I. The van der Waals surface area contributed by atoms with E-state index in [0.29, 0.717) is 0 Å². The van der Waals surface area contributed by atoms with E-state index in [2.05, 4.69) is 67.6 Å². The van der Waals surface area contributed by atoms with Crippen LogP contribution < -0.4 is 16.2 Å². The lowest BCUT2D eigenvalue weighted by Crippen LogP contribution is -2.38. The molecule has 166 valence electrons. The van der Waals surface area contributed by atoms with Gasteiger partial charge in [-0.2, -0.15) is 0 Å². The van der Waals surface area contributed by atoms with Crippen LogP contribution in [0.3, 0.4) is 0 Å². The predicted octanol–water partition coefficient (Wildman–Crippen LogP) is 4.34. The van der Waals surface area contributed by atoms with E-state index in [1.807, 2.05) is 12.3 Å². The molecule has 0 aliphatic rings. The highest BCUT2D eigenvalue weighted by molar-refractivity contribution is 14.0. The van der Waals surface area contributed by atoms with Crippen LogP contribution in [0.25, 0.3) is 0 Å². The molecule has 5 nitrogen and oxygen atoms in total. The molecule has 0 saturated carbocycles. The van der Waals surface area contributed by atoms with Gasteiger partial charge in [0.05, 0.1) is 0 Å². The van der Waals surface area contributed by atoms with E-state index in [1.54, 1.807) is 16.7 Å². The lowest BCUT2D eigenvalue weighted by Gasteiger charge is -2.19. The van der Waals surface area contributed by atoms with Crippen molar-refractivity contribution in [2.75, 3.05) is 19.6 Å². The van der Waals surface area contributed by atoms with Crippen LogP contribution in [0.2, 0.25) is 0 Å². The molecule has 2 N–H and O–H groups in total. The minimum atomic E-state index is 0. The van der Waals surface area contributed by atoms with Gasteiger partial charge in [-0.05, 0) is 48.8 Å². The molecule has 0 bridgehead atoms. The maximum absolute atomic E-state index is 11.7. The molecule has 0 unspecified atom stereocenters. The van der Waals surface area contributed by atoms with Crippen LogP contribution in [-0.4, -0.2) is 30.2 Å². The molecular formula is C24H37IN4O. The fraction of sp³-hybridized carbons (Fsp3) is 0.500. The van der Waals surface area contributed by atoms with Gasteiger partial charge in [-0.15, -0.1) is 24.0 Å². The van der Waals surface area contributed by atoms with Crippen molar-refractivity contribution in [3.8, 4) is 0 Å². The molecular weight excluding hydrogens is 487 g/mol. The van der Waals surface area contributed by atoms with Crippen LogP contribution in [0, 0.1) is 0 Å². The zero-order valence-corrected chi connectivity index (χ0v) is 21.1. The number of aliphatic imine (C=N–C) groups is 1. The summed E-state index contributed by atoms with van der Waals surface area (Å²) < 4.78 is 1.75. The van der Waals surface area contributed by atoms with E-state index in [-0.39, 0.29) is 35.0 Å². The van der Waals surface area contributed by atoms with Crippen molar-refractivity contribution >= 4 is 29.9 Å². The second-order valence-electron chi connectivity index (χ2n) is 8.32. The lowest BCUT2D eigenvalue weighted by molar-refractivity contribution is 0.590. The Labute approximate surface area is 198 Å². The van der Waals surface area contributed by atoms with Gasteiger partial charge in [0.1, 0.15) is 0 Å². The molecule has 0 aliphatic heterocycles. The smallest absolute Gasteiger partial charge is 0.250 e. The largest absolute Gasteiger partial charge is 0.357 e. The van der Waals surface area contributed by atoms with E-state index in [1.165, 1.54) is 11.1 Å². The minimum Gasteiger partial charge on any atom is -0.357 e. The number of pyridine rings is 1. The Balaban J connectivity index is 0.00000450. The van der Waals surface area contributed by atoms with Gasteiger partial charge in [0.25, 0.3) is 0 Å². The third-order valence-electron chi connectivity index (χ3n) is 4.85. The number of aryl methyl sites for hydroxylation is 1. The number of guanidine groups is 1. The number of nitrogens with one attached hydrogen (secondary N) is 2. The van der Waals surface area contributed by atoms with Crippen LogP contribution in [0.1, 0.15) is 51.7 Å². The summed E-state index contributed by atoms with van der Waals surface area (Å²) in [4.78, 5) is 16.3. The molecule has 0 atom stereocenters. The molecule has 2 aromatic rings. The maximum atomic E-state index is 11.7. The second kappa shape index (κ2) is 13.5. The molecule has 0 amide bonds. The van der Waals surface area contributed by atoms with Gasteiger partial charge in [-0.25, -0.2) is 0 Å². The average Bonchev–Trinajstić information content (AvgIpc) is 2.69. The van der Waals surface area contributed by atoms with Crippen LogP contribution >= 0.6 is 24.0 Å².